The van der Waals surface area contributed by atoms with E-state index in [9.17, 15) is 0 Å². The number of aromatic nitrogens is 5. The predicted molar refractivity (Wildman–Crippen MR) is 59.9 cm³/mol. The highest BCUT2D eigenvalue weighted by Gasteiger charge is 2.10. The van der Waals surface area contributed by atoms with Crippen LogP contribution in [-0.4, -0.2) is 24.8 Å². The highest BCUT2D eigenvalue weighted by Crippen LogP contribution is 2.07. The van der Waals surface area contributed by atoms with Crippen LogP contribution in [0.1, 0.15) is 5.56 Å². The topological polar surface area (TPSA) is 83.3 Å². The fourth-order valence-corrected chi connectivity index (χ4v) is 1.52. The molecule has 0 aliphatic rings. The summed E-state index contributed by atoms with van der Waals surface area (Å²) < 4.78 is 1.46. The number of benzene rings is 1. The Bertz CT molecular complexity index is 629. The Morgan fingerprint density at radius 2 is 2.06 bits per heavy atom. The zero-order valence-electron chi connectivity index (χ0n) is 8.89. The molecule has 0 spiro atoms. The average Bonchev–Trinajstić information content (AvgIpc) is 2.92. The lowest BCUT2D eigenvalue weighted by atomic mass is 10.2. The molecule has 0 bridgehead atoms. The molecular weight excluding hydrogens is 220 g/mol. The monoisotopic (exact) mass is 230 g/mol. The van der Waals surface area contributed by atoms with Crippen molar-refractivity contribution in [2.24, 2.45) is 0 Å². The van der Waals surface area contributed by atoms with Gasteiger partial charge in [-0.15, -0.1) is 10.2 Å². The van der Waals surface area contributed by atoms with Gasteiger partial charge in [0.25, 0.3) is 0 Å². The number of nitrogen functional groups attached to an aromatic ring is 1. The van der Waals surface area contributed by atoms with Crippen LogP contribution in [0, 0.1) is 0 Å². The van der Waals surface area contributed by atoms with Gasteiger partial charge >= 0.3 is 0 Å². The highest BCUT2D eigenvalue weighted by atomic mass is 16.7. The number of hydrogen-bond donors (Lipinski definition) is 1. The van der Waals surface area contributed by atoms with Crippen molar-refractivity contribution in [3.63, 3.8) is 0 Å². The molecule has 17 heavy (non-hydrogen) atoms. The molecule has 0 amide bonds. The van der Waals surface area contributed by atoms with Crippen molar-refractivity contribution >= 4 is 11.5 Å². The van der Waals surface area contributed by atoms with Gasteiger partial charge in [0, 0.05) is 0 Å². The summed E-state index contributed by atoms with van der Waals surface area (Å²) in [6, 6.07) is 9.80. The summed E-state index contributed by atoms with van der Waals surface area (Å²) >= 11 is 0. The van der Waals surface area contributed by atoms with Crippen molar-refractivity contribution in [2.75, 3.05) is 5.73 Å². The molecule has 3 rings (SSSR count). The first-order valence-corrected chi connectivity index (χ1v) is 5.06. The Hall–Kier alpha value is -2.57. The molecule has 0 saturated heterocycles. The van der Waals surface area contributed by atoms with Gasteiger partial charge in [-0.3, -0.25) is 0 Å². The summed E-state index contributed by atoms with van der Waals surface area (Å²) in [4.78, 5) is 6.83. The molecule has 7 nitrogen and oxygen atoms in total. The van der Waals surface area contributed by atoms with Gasteiger partial charge in [0.2, 0.25) is 5.65 Å². The van der Waals surface area contributed by atoms with Gasteiger partial charge in [0.15, 0.2) is 5.82 Å². The van der Waals surface area contributed by atoms with Crippen molar-refractivity contribution < 1.29 is 4.84 Å². The Labute approximate surface area is 96.4 Å². The van der Waals surface area contributed by atoms with Crippen LogP contribution < -0.4 is 10.6 Å². The lowest BCUT2D eigenvalue weighted by molar-refractivity contribution is 0.0792. The van der Waals surface area contributed by atoms with E-state index >= 15 is 0 Å². The summed E-state index contributed by atoms with van der Waals surface area (Å²) in [5.41, 5.74) is 7.23. The molecule has 2 aromatic heterocycles. The van der Waals surface area contributed by atoms with Gasteiger partial charge in [-0.2, -0.15) is 4.52 Å². The number of nitrogens with zero attached hydrogens (tertiary/aromatic N) is 5. The van der Waals surface area contributed by atoms with Gasteiger partial charge in [-0.05, 0) is 5.56 Å². The smallest absolute Gasteiger partial charge is 0.238 e. The highest BCUT2D eigenvalue weighted by molar-refractivity contribution is 5.57. The van der Waals surface area contributed by atoms with E-state index in [0.29, 0.717) is 12.3 Å². The number of nitrogens with two attached hydrogens (primary N) is 1. The predicted octanol–water partition coefficient (Wildman–Crippen LogP) is 0.137. The van der Waals surface area contributed by atoms with Gasteiger partial charge < -0.3 is 10.6 Å². The van der Waals surface area contributed by atoms with E-state index in [-0.39, 0.29) is 5.82 Å². The molecule has 0 unspecified atom stereocenters. The summed E-state index contributed by atoms with van der Waals surface area (Å²) in [5, 5.41) is 11.5. The van der Waals surface area contributed by atoms with Crippen LogP contribution in [0.15, 0.2) is 36.7 Å². The molecule has 7 heteroatoms. The molecule has 1 aromatic carbocycles. The molecular formula is C10H10N6O. The van der Waals surface area contributed by atoms with E-state index in [4.69, 9.17) is 10.6 Å². The summed E-state index contributed by atoms with van der Waals surface area (Å²) in [5.74, 6) is 0.288. The zero-order valence-corrected chi connectivity index (χ0v) is 8.89. The molecule has 86 valence electrons. The van der Waals surface area contributed by atoms with Crippen LogP contribution in [0.3, 0.4) is 0 Å². The summed E-state index contributed by atoms with van der Waals surface area (Å²) in [6.45, 7) is 0.406. The Kier molecular flexibility index (Phi) is 2.14. The Balaban J connectivity index is 1.83. The normalized spacial score (nSPS) is 10.8. The number of anilines is 1. The number of fused-ring (bicyclic) bond motifs is 1. The molecule has 0 aliphatic heterocycles. The van der Waals surface area contributed by atoms with Crippen LogP contribution in [0.25, 0.3) is 5.65 Å². The molecule has 0 saturated carbocycles. The first-order chi connectivity index (χ1) is 8.34. The second-order valence-corrected chi connectivity index (χ2v) is 3.51. The lowest BCUT2D eigenvalue weighted by Gasteiger charge is -2.04. The third-order valence-corrected chi connectivity index (χ3v) is 2.34. The third-order valence-electron chi connectivity index (χ3n) is 2.34. The van der Waals surface area contributed by atoms with Crippen molar-refractivity contribution in [1.82, 2.24) is 24.8 Å². The van der Waals surface area contributed by atoms with Crippen molar-refractivity contribution in [1.29, 1.82) is 0 Å². The second kappa shape index (κ2) is 3.78. The molecule has 2 heterocycles. The second-order valence-electron chi connectivity index (χ2n) is 3.51. The van der Waals surface area contributed by atoms with Gasteiger partial charge in [0.1, 0.15) is 12.9 Å². The number of hydrogen-bond acceptors (Lipinski definition) is 5. The number of rotatable bonds is 3. The van der Waals surface area contributed by atoms with E-state index in [1.54, 1.807) is 0 Å². The van der Waals surface area contributed by atoms with Crippen LogP contribution in [0.4, 0.5) is 5.82 Å². The minimum Gasteiger partial charge on any atom is -0.390 e. The largest absolute Gasteiger partial charge is 0.390 e. The Morgan fingerprint density at radius 1 is 1.24 bits per heavy atom. The maximum absolute atomic E-state index is 5.66. The Morgan fingerprint density at radius 3 is 2.88 bits per heavy atom. The maximum atomic E-state index is 5.66. The van der Waals surface area contributed by atoms with Gasteiger partial charge in [-0.1, -0.05) is 40.4 Å². The van der Waals surface area contributed by atoms with E-state index in [2.05, 4.69) is 15.4 Å². The third kappa shape index (κ3) is 1.67. The van der Waals surface area contributed by atoms with E-state index in [0.717, 1.165) is 5.56 Å². The van der Waals surface area contributed by atoms with Crippen LogP contribution in [-0.2, 0) is 6.61 Å². The fraction of sp³-hybridized carbons (Fsp3) is 0.100. The summed E-state index contributed by atoms with van der Waals surface area (Å²) in [6.07, 6.45) is 1.49. The standard InChI is InChI=1S/C10H10N6O/c11-9-10-15(14-13-9)7-12-16(10)17-6-8-4-2-1-3-5-8/h1-5,7H,6,11H2. The lowest BCUT2D eigenvalue weighted by Crippen LogP contribution is -2.13. The van der Waals surface area contributed by atoms with Gasteiger partial charge in [-0.25, -0.2) is 0 Å². The van der Waals surface area contributed by atoms with Crippen molar-refractivity contribution in [3.8, 4) is 0 Å². The van der Waals surface area contributed by atoms with Crippen molar-refractivity contribution in [3.05, 3.63) is 42.2 Å². The molecule has 0 fully saturated rings. The van der Waals surface area contributed by atoms with Crippen LogP contribution in [0.5, 0.6) is 0 Å². The van der Waals surface area contributed by atoms with Crippen LogP contribution >= 0.6 is 0 Å². The van der Waals surface area contributed by atoms with E-state index in [1.165, 1.54) is 15.7 Å². The van der Waals surface area contributed by atoms with E-state index < -0.39 is 0 Å². The molecule has 2 N–H and O–H groups in total. The van der Waals surface area contributed by atoms with Gasteiger partial charge in [0.05, 0.1) is 0 Å². The van der Waals surface area contributed by atoms with E-state index in [1.807, 2.05) is 30.3 Å². The maximum Gasteiger partial charge on any atom is 0.238 e. The minimum atomic E-state index is 0.288. The fourth-order valence-electron chi connectivity index (χ4n) is 1.52. The first-order valence-electron chi connectivity index (χ1n) is 5.06. The summed E-state index contributed by atoms with van der Waals surface area (Å²) in [7, 11) is 0. The SMILES string of the molecule is Nc1nnn2cnn(OCc3ccccc3)c12. The zero-order chi connectivity index (χ0) is 11.7. The molecule has 0 aliphatic carbocycles. The van der Waals surface area contributed by atoms with Crippen molar-refractivity contribution in [2.45, 2.75) is 6.61 Å². The first kappa shape index (κ1) is 9.64. The molecule has 0 radical (unpaired) electrons. The average molecular weight is 230 g/mol. The minimum absolute atomic E-state index is 0.288. The molecule has 0 atom stereocenters. The molecule has 3 aromatic rings. The quantitative estimate of drug-likeness (QED) is 0.691. The van der Waals surface area contributed by atoms with Crippen LogP contribution in [0.2, 0.25) is 0 Å².